The molecule has 0 bridgehead atoms. The van der Waals surface area contributed by atoms with Crippen molar-refractivity contribution >= 4 is 5.91 Å². The van der Waals surface area contributed by atoms with E-state index in [0.717, 1.165) is 5.56 Å². The number of aliphatic hydroxyl groups excluding tert-OH is 1. The summed E-state index contributed by atoms with van der Waals surface area (Å²) in [5, 5.41) is 11.9. The van der Waals surface area contributed by atoms with Crippen LogP contribution in [-0.2, 0) is 4.79 Å². The first kappa shape index (κ1) is 11.7. The van der Waals surface area contributed by atoms with Crippen LogP contribution in [0.15, 0.2) is 18.2 Å². The zero-order valence-electron chi connectivity index (χ0n) is 9.60. The van der Waals surface area contributed by atoms with Crippen molar-refractivity contribution in [1.82, 2.24) is 5.32 Å². The number of carbonyl (C=O) groups excluding carboxylic acids is 1. The molecule has 0 fully saturated rings. The van der Waals surface area contributed by atoms with Crippen molar-refractivity contribution in [3.8, 4) is 11.5 Å². The smallest absolute Gasteiger partial charge is 0.231 e. The molecule has 0 radical (unpaired) electrons. The van der Waals surface area contributed by atoms with Crippen LogP contribution in [0, 0.1) is 0 Å². The van der Waals surface area contributed by atoms with Crippen molar-refractivity contribution in [2.45, 2.75) is 12.3 Å². The number of aliphatic hydroxyl groups is 1. The first-order valence-corrected chi connectivity index (χ1v) is 5.46. The Balaban J connectivity index is 2.25. The van der Waals surface area contributed by atoms with Gasteiger partial charge in [0.05, 0.1) is 6.61 Å². The Morgan fingerprint density at radius 2 is 2.35 bits per heavy atom. The van der Waals surface area contributed by atoms with Crippen LogP contribution in [0.4, 0.5) is 0 Å². The molecule has 1 aliphatic heterocycles. The van der Waals surface area contributed by atoms with Crippen LogP contribution in [0.25, 0.3) is 0 Å². The standard InChI is InChI=1S/C12H15NO4/c1-13-11(15)5-8(6-14)9-3-2-4-10-12(9)17-7-16-10/h2-4,8,14H,5-7H2,1H3,(H,13,15)/t8-/m0/s1. The Labute approximate surface area is 99.3 Å². The molecule has 5 nitrogen and oxygen atoms in total. The Morgan fingerprint density at radius 1 is 1.53 bits per heavy atom. The maximum Gasteiger partial charge on any atom is 0.231 e. The number of para-hydroxylation sites is 1. The molecule has 0 unspecified atom stereocenters. The van der Waals surface area contributed by atoms with E-state index in [1.807, 2.05) is 12.1 Å². The number of ether oxygens (including phenoxy) is 2. The summed E-state index contributed by atoms with van der Waals surface area (Å²) in [7, 11) is 1.58. The number of benzene rings is 1. The van der Waals surface area contributed by atoms with Gasteiger partial charge in [-0.05, 0) is 6.07 Å². The normalized spacial score (nSPS) is 14.5. The fourth-order valence-electron chi connectivity index (χ4n) is 1.87. The van der Waals surface area contributed by atoms with Crippen molar-refractivity contribution in [3.05, 3.63) is 23.8 Å². The number of fused-ring (bicyclic) bond motifs is 1. The first-order chi connectivity index (χ1) is 8.26. The lowest BCUT2D eigenvalue weighted by molar-refractivity contribution is -0.121. The average Bonchev–Trinajstić information content (AvgIpc) is 2.83. The van der Waals surface area contributed by atoms with Crippen molar-refractivity contribution in [2.24, 2.45) is 0 Å². The van der Waals surface area contributed by atoms with Gasteiger partial charge in [0.25, 0.3) is 0 Å². The average molecular weight is 237 g/mol. The fourth-order valence-corrected chi connectivity index (χ4v) is 1.87. The Hall–Kier alpha value is -1.75. The lowest BCUT2D eigenvalue weighted by atomic mass is 9.95. The number of hydrogen-bond donors (Lipinski definition) is 2. The van der Waals surface area contributed by atoms with Crippen LogP contribution >= 0.6 is 0 Å². The molecule has 1 amide bonds. The molecule has 0 spiro atoms. The molecule has 1 atom stereocenters. The van der Waals surface area contributed by atoms with E-state index in [9.17, 15) is 9.90 Å². The predicted molar refractivity (Wildman–Crippen MR) is 61.1 cm³/mol. The van der Waals surface area contributed by atoms with Gasteiger partial charge in [-0.25, -0.2) is 0 Å². The molecule has 0 aromatic heterocycles. The van der Waals surface area contributed by atoms with Gasteiger partial charge in [-0.3, -0.25) is 4.79 Å². The minimum atomic E-state index is -0.272. The lowest BCUT2D eigenvalue weighted by Crippen LogP contribution is -2.22. The van der Waals surface area contributed by atoms with Gasteiger partial charge in [0.1, 0.15) is 0 Å². The number of nitrogens with one attached hydrogen (secondary N) is 1. The lowest BCUT2D eigenvalue weighted by Gasteiger charge is -2.15. The number of carbonyl (C=O) groups is 1. The molecule has 2 N–H and O–H groups in total. The summed E-state index contributed by atoms with van der Waals surface area (Å²) in [6.07, 6.45) is 0.229. The number of amides is 1. The molecule has 17 heavy (non-hydrogen) atoms. The largest absolute Gasteiger partial charge is 0.454 e. The van der Waals surface area contributed by atoms with Gasteiger partial charge in [0.15, 0.2) is 11.5 Å². The Bertz CT molecular complexity index is 419. The van der Waals surface area contributed by atoms with Crippen molar-refractivity contribution in [2.75, 3.05) is 20.4 Å². The van der Waals surface area contributed by atoms with E-state index in [-0.39, 0.29) is 31.6 Å². The minimum absolute atomic E-state index is 0.104. The summed E-state index contributed by atoms with van der Waals surface area (Å²) in [5.41, 5.74) is 0.811. The SMILES string of the molecule is CNC(=O)C[C@@H](CO)c1cccc2c1OCO2. The molecular formula is C12H15NO4. The predicted octanol–water partition coefficient (Wildman–Crippen LogP) is 0.627. The molecule has 0 saturated carbocycles. The van der Waals surface area contributed by atoms with E-state index >= 15 is 0 Å². The van der Waals surface area contributed by atoms with Crippen LogP contribution in [0.3, 0.4) is 0 Å². The van der Waals surface area contributed by atoms with Crippen molar-refractivity contribution in [1.29, 1.82) is 0 Å². The second-order valence-corrected chi connectivity index (χ2v) is 3.84. The van der Waals surface area contributed by atoms with E-state index in [1.54, 1.807) is 13.1 Å². The van der Waals surface area contributed by atoms with E-state index in [4.69, 9.17) is 9.47 Å². The third kappa shape index (κ3) is 2.34. The minimum Gasteiger partial charge on any atom is -0.454 e. The van der Waals surface area contributed by atoms with Gasteiger partial charge in [-0.15, -0.1) is 0 Å². The second-order valence-electron chi connectivity index (χ2n) is 3.84. The van der Waals surface area contributed by atoms with Gasteiger partial charge < -0.3 is 19.9 Å². The second kappa shape index (κ2) is 5.05. The molecule has 1 aromatic carbocycles. The van der Waals surface area contributed by atoms with E-state index in [1.165, 1.54) is 0 Å². The van der Waals surface area contributed by atoms with Gasteiger partial charge in [0.2, 0.25) is 12.7 Å². The number of hydrogen-bond acceptors (Lipinski definition) is 4. The quantitative estimate of drug-likeness (QED) is 0.806. The molecule has 1 aromatic rings. The fraction of sp³-hybridized carbons (Fsp3) is 0.417. The summed E-state index contributed by atoms with van der Waals surface area (Å²) in [4.78, 5) is 11.4. The zero-order valence-corrected chi connectivity index (χ0v) is 9.60. The highest BCUT2D eigenvalue weighted by atomic mass is 16.7. The highest BCUT2D eigenvalue weighted by molar-refractivity contribution is 5.76. The molecule has 2 rings (SSSR count). The number of rotatable bonds is 4. The summed E-state index contributed by atoms with van der Waals surface area (Å²) >= 11 is 0. The van der Waals surface area contributed by atoms with Gasteiger partial charge >= 0.3 is 0 Å². The van der Waals surface area contributed by atoms with E-state index in [2.05, 4.69) is 5.32 Å². The summed E-state index contributed by atoms with van der Waals surface area (Å²) in [6.45, 7) is 0.0811. The highest BCUT2D eigenvalue weighted by Crippen LogP contribution is 2.39. The highest BCUT2D eigenvalue weighted by Gasteiger charge is 2.24. The molecule has 1 heterocycles. The van der Waals surface area contributed by atoms with Crippen LogP contribution in [0.5, 0.6) is 11.5 Å². The third-order valence-corrected chi connectivity index (χ3v) is 2.80. The van der Waals surface area contributed by atoms with Gasteiger partial charge in [-0.2, -0.15) is 0 Å². The maximum atomic E-state index is 11.4. The van der Waals surface area contributed by atoms with Crippen LogP contribution in [0.2, 0.25) is 0 Å². The zero-order chi connectivity index (χ0) is 12.3. The summed E-state index contributed by atoms with van der Waals surface area (Å²) in [5.74, 6) is 0.917. The van der Waals surface area contributed by atoms with Gasteiger partial charge in [0, 0.05) is 24.9 Å². The monoisotopic (exact) mass is 237 g/mol. The molecule has 92 valence electrons. The van der Waals surface area contributed by atoms with Crippen LogP contribution < -0.4 is 14.8 Å². The molecular weight excluding hydrogens is 222 g/mol. The Kier molecular flexibility index (Phi) is 3.49. The van der Waals surface area contributed by atoms with Crippen LogP contribution in [0.1, 0.15) is 17.9 Å². The van der Waals surface area contributed by atoms with Crippen molar-refractivity contribution in [3.63, 3.8) is 0 Å². The Morgan fingerprint density at radius 3 is 3.06 bits per heavy atom. The molecule has 0 saturated heterocycles. The first-order valence-electron chi connectivity index (χ1n) is 5.46. The van der Waals surface area contributed by atoms with Crippen LogP contribution in [-0.4, -0.2) is 31.5 Å². The summed E-state index contributed by atoms with van der Waals surface area (Å²) < 4.78 is 10.6. The molecule has 0 aliphatic carbocycles. The molecule has 1 aliphatic rings. The van der Waals surface area contributed by atoms with E-state index in [0.29, 0.717) is 11.5 Å². The van der Waals surface area contributed by atoms with Crippen molar-refractivity contribution < 1.29 is 19.4 Å². The molecule has 5 heteroatoms. The van der Waals surface area contributed by atoms with Gasteiger partial charge in [-0.1, -0.05) is 12.1 Å². The third-order valence-electron chi connectivity index (χ3n) is 2.80. The maximum absolute atomic E-state index is 11.4. The summed E-state index contributed by atoms with van der Waals surface area (Å²) in [6, 6.07) is 5.48. The van der Waals surface area contributed by atoms with E-state index < -0.39 is 0 Å². The topological polar surface area (TPSA) is 67.8 Å².